The zero-order chi connectivity index (χ0) is 13.5. The molecule has 2 heterocycles. The number of para-hydroxylation sites is 1. The molecule has 2 fully saturated rings. The summed E-state index contributed by atoms with van der Waals surface area (Å²) in [7, 11) is 0. The van der Waals surface area contributed by atoms with Crippen molar-refractivity contribution >= 4 is 5.69 Å². The van der Waals surface area contributed by atoms with Crippen molar-refractivity contribution in [3.05, 3.63) is 29.8 Å². The third-order valence-corrected chi connectivity index (χ3v) is 4.71. The Morgan fingerprint density at radius 2 is 1.84 bits per heavy atom. The molecular weight excluding hydrogens is 232 g/mol. The Morgan fingerprint density at radius 1 is 1.11 bits per heavy atom. The van der Waals surface area contributed by atoms with E-state index < -0.39 is 0 Å². The van der Waals surface area contributed by atoms with Gasteiger partial charge in [0.25, 0.3) is 0 Å². The van der Waals surface area contributed by atoms with Gasteiger partial charge in [0, 0.05) is 24.8 Å². The molecule has 0 amide bonds. The largest absolute Gasteiger partial charge is 0.382 e. The Hall–Kier alpha value is -1.02. The van der Waals surface area contributed by atoms with Gasteiger partial charge in [0.05, 0.1) is 0 Å². The molecule has 0 saturated carbocycles. The number of anilines is 1. The Kier molecular flexibility index (Phi) is 3.30. The molecule has 0 aliphatic carbocycles. The summed E-state index contributed by atoms with van der Waals surface area (Å²) in [6.45, 7) is 10.8. The van der Waals surface area contributed by atoms with Crippen molar-refractivity contribution in [1.82, 2.24) is 4.90 Å². The van der Waals surface area contributed by atoms with E-state index in [1.807, 2.05) is 0 Å². The average Bonchev–Trinajstić information content (AvgIpc) is 2.75. The molecule has 2 heteroatoms. The Morgan fingerprint density at radius 3 is 2.63 bits per heavy atom. The maximum Gasteiger partial charge on any atom is 0.0380 e. The van der Waals surface area contributed by atoms with Gasteiger partial charge in [0.1, 0.15) is 0 Å². The lowest BCUT2D eigenvalue weighted by Gasteiger charge is -2.33. The highest BCUT2D eigenvalue weighted by Gasteiger charge is 2.34. The summed E-state index contributed by atoms with van der Waals surface area (Å²) in [5.41, 5.74) is 3.00. The van der Waals surface area contributed by atoms with E-state index >= 15 is 0 Å². The van der Waals surface area contributed by atoms with Gasteiger partial charge in [0.2, 0.25) is 0 Å². The number of piperidine rings is 1. The van der Waals surface area contributed by atoms with Crippen LogP contribution in [0.5, 0.6) is 0 Å². The monoisotopic (exact) mass is 258 g/mol. The second kappa shape index (κ2) is 4.82. The molecule has 3 rings (SSSR count). The first kappa shape index (κ1) is 13.0. The highest BCUT2D eigenvalue weighted by molar-refractivity contribution is 5.55. The van der Waals surface area contributed by atoms with E-state index in [1.165, 1.54) is 43.7 Å². The van der Waals surface area contributed by atoms with Crippen molar-refractivity contribution in [2.45, 2.75) is 45.1 Å². The van der Waals surface area contributed by atoms with Gasteiger partial charge in [-0.05, 0) is 42.3 Å². The van der Waals surface area contributed by atoms with Crippen molar-refractivity contribution in [1.29, 1.82) is 0 Å². The van der Waals surface area contributed by atoms with Crippen LogP contribution in [-0.4, -0.2) is 30.6 Å². The third-order valence-electron chi connectivity index (χ3n) is 4.71. The molecule has 0 spiro atoms. The van der Waals surface area contributed by atoms with Crippen LogP contribution in [0.25, 0.3) is 0 Å². The van der Waals surface area contributed by atoms with Crippen LogP contribution in [0.4, 0.5) is 5.69 Å². The quantitative estimate of drug-likeness (QED) is 0.873. The minimum atomic E-state index is 0.208. The van der Waals surface area contributed by atoms with E-state index in [-0.39, 0.29) is 5.41 Å². The maximum atomic E-state index is 3.86. The van der Waals surface area contributed by atoms with Crippen molar-refractivity contribution in [2.75, 3.05) is 25.0 Å². The number of nitrogens with one attached hydrogen (secondary N) is 1. The predicted octanol–water partition coefficient (Wildman–Crippen LogP) is 3.49. The van der Waals surface area contributed by atoms with Crippen molar-refractivity contribution in [2.24, 2.45) is 5.92 Å². The molecule has 0 radical (unpaired) electrons. The lowest BCUT2D eigenvalue weighted by molar-refractivity contribution is 0.255. The van der Waals surface area contributed by atoms with Crippen LogP contribution < -0.4 is 5.32 Å². The molecule has 2 nitrogen and oxygen atoms in total. The van der Waals surface area contributed by atoms with Crippen LogP contribution in [0.2, 0.25) is 0 Å². The van der Waals surface area contributed by atoms with Crippen molar-refractivity contribution < 1.29 is 0 Å². The summed E-state index contributed by atoms with van der Waals surface area (Å²) in [6.07, 6.45) is 2.67. The molecule has 3 unspecified atom stereocenters. The zero-order valence-corrected chi connectivity index (χ0v) is 12.4. The van der Waals surface area contributed by atoms with Gasteiger partial charge < -0.3 is 10.2 Å². The van der Waals surface area contributed by atoms with E-state index in [1.54, 1.807) is 0 Å². The number of hydrogen-bond acceptors (Lipinski definition) is 2. The van der Waals surface area contributed by atoms with Crippen LogP contribution >= 0.6 is 0 Å². The molecule has 2 aliphatic rings. The van der Waals surface area contributed by atoms with E-state index in [0.29, 0.717) is 6.04 Å². The molecular formula is C17H26N2. The first-order valence-corrected chi connectivity index (χ1v) is 7.62. The minimum Gasteiger partial charge on any atom is -0.382 e. The van der Waals surface area contributed by atoms with Gasteiger partial charge in [-0.25, -0.2) is 0 Å². The van der Waals surface area contributed by atoms with E-state index in [4.69, 9.17) is 0 Å². The van der Waals surface area contributed by atoms with Crippen molar-refractivity contribution in [3.63, 3.8) is 0 Å². The molecule has 2 aliphatic heterocycles. The lowest BCUT2D eigenvalue weighted by Crippen LogP contribution is -2.40. The standard InChI is InChI=1S/C17H26N2/c1-17(2,3)14-6-4-5-7-16(14)18-15-9-11-19-10-8-13(15)12-19/h4-7,13,15,18H,8-12H2,1-3H3. The summed E-state index contributed by atoms with van der Waals surface area (Å²) >= 11 is 0. The highest BCUT2D eigenvalue weighted by atomic mass is 15.2. The Labute approximate surface area is 117 Å². The van der Waals surface area contributed by atoms with Crippen molar-refractivity contribution in [3.8, 4) is 0 Å². The smallest absolute Gasteiger partial charge is 0.0380 e. The molecule has 19 heavy (non-hydrogen) atoms. The van der Waals surface area contributed by atoms with Crippen LogP contribution in [0, 0.1) is 5.92 Å². The van der Waals surface area contributed by atoms with Gasteiger partial charge in [-0.1, -0.05) is 39.0 Å². The van der Waals surface area contributed by atoms with Crippen LogP contribution in [-0.2, 0) is 5.41 Å². The van der Waals surface area contributed by atoms with E-state index in [9.17, 15) is 0 Å². The first-order chi connectivity index (χ1) is 9.04. The van der Waals surface area contributed by atoms with Gasteiger partial charge in [0.15, 0.2) is 0 Å². The molecule has 0 aromatic heterocycles. The maximum absolute atomic E-state index is 3.86. The Bertz CT molecular complexity index is 447. The molecule has 2 bridgehead atoms. The zero-order valence-electron chi connectivity index (χ0n) is 12.4. The molecule has 1 N–H and O–H groups in total. The number of nitrogens with zero attached hydrogens (tertiary/aromatic N) is 1. The lowest BCUT2D eigenvalue weighted by atomic mass is 9.85. The SMILES string of the molecule is CC(C)(C)c1ccccc1NC1CCN2CCC1C2. The summed E-state index contributed by atoms with van der Waals surface area (Å²) in [5, 5.41) is 3.86. The number of rotatable bonds is 2. The third kappa shape index (κ3) is 2.64. The fourth-order valence-electron chi connectivity index (χ4n) is 3.60. The minimum absolute atomic E-state index is 0.208. The predicted molar refractivity (Wildman–Crippen MR) is 81.7 cm³/mol. The molecule has 1 aromatic rings. The number of benzene rings is 1. The summed E-state index contributed by atoms with van der Waals surface area (Å²) < 4.78 is 0. The van der Waals surface area contributed by atoms with E-state index in [0.717, 1.165) is 5.92 Å². The van der Waals surface area contributed by atoms with E-state index in [2.05, 4.69) is 55.3 Å². The van der Waals surface area contributed by atoms with Gasteiger partial charge in [-0.2, -0.15) is 0 Å². The summed E-state index contributed by atoms with van der Waals surface area (Å²) in [5.74, 6) is 0.849. The van der Waals surface area contributed by atoms with Gasteiger partial charge >= 0.3 is 0 Å². The Balaban J connectivity index is 1.80. The van der Waals surface area contributed by atoms with Crippen LogP contribution in [0.1, 0.15) is 39.2 Å². The molecule has 2 saturated heterocycles. The molecule has 1 aromatic carbocycles. The second-order valence-corrected chi connectivity index (χ2v) is 7.18. The van der Waals surface area contributed by atoms with Gasteiger partial charge in [-0.3, -0.25) is 0 Å². The van der Waals surface area contributed by atoms with Crippen LogP contribution in [0.3, 0.4) is 0 Å². The molecule has 3 atom stereocenters. The fraction of sp³-hybridized carbons (Fsp3) is 0.647. The molecule has 104 valence electrons. The topological polar surface area (TPSA) is 15.3 Å². The highest BCUT2D eigenvalue weighted by Crippen LogP contribution is 2.33. The fourth-order valence-corrected chi connectivity index (χ4v) is 3.60. The number of fused-ring (bicyclic) bond motifs is 2. The number of hydrogen-bond donors (Lipinski definition) is 1. The summed E-state index contributed by atoms with van der Waals surface area (Å²) in [4.78, 5) is 2.61. The average molecular weight is 258 g/mol. The second-order valence-electron chi connectivity index (χ2n) is 7.18. The summed E-state index contributed by atoms with van der Waals surface area (Å²) in [6, 6.07) is 9.50. The first-order valence-electron chi connectivity index (χ1n) is 7.62. The normalized spacial score (nSPS) is 30.4. The van der Waals surface area contributed by atoms with Crippen LogP contribution in [0.15, 0.2) is 24.3 Å². The van der Waals surface area contributed by atoms with Gasteiger partial charge in [-0.15, -0.1) is 0 Å².